The molecule has 0 bridgehead atoms. The van der Waals surface area contributed by atoms with E-state index in [0.717, 1.165) is 66.0 Å². The molecule has 7 rings (SSSR count). The summed E-state index contributed by atoms with van der Waals surface area (Å²) < 4.78 is 3.30. The molecule has 7 aromatic rings. The highest BCUT2D eigenvalue weighted by Crippen LogP contribution is 2.34. The van der Waals surface area contributed by atoms with E-state index >= 15 is 0 Å². The smallest absolute Gasteiger partial charge is 0.0963 e. The molecule has 0 atom stereocenters. The molecule has 0 spiro atoms. The number of nitrogens with zero attached hydrogens (tertiary/aromatic N) is 5. The van der Waals surface area contributed by atoms with E-state index in [1.807, 2.05) is 48.7 Å². The van der Waals surface area contributed by atoms with Gasteiger partial charge in [-0.15, -0.1) is 0 Å². The molecule has 6 heteroatoms. The molecule has 0 saturated carbocycles. The van der Waals surface area contributed by atoms with Crippen LogP contribution in [0.1, 0.15) is 0 Å². The van der Waals surface area contributed by atoms with Crippen LogP contribution in [0.25, 0.3) is 61.5 Å². The van der Waals surface area contributed by atoms with Crippen molar-refractivity contribution in [1.82, 2.24) is 24.5 Å². The average molecular weight is 554 g/mol. The monoisotopic (exact) mass is 553 g/mol. The SMILES string of the molecule is Brc1ccc2c(c1)c1ncccc1n2-c1ccc(-c2cc(-c3ccccn3)nc(-c3ccccn3)c2)cc1. The minimum Gasteiger partial charge on any atom is -0.308 e. The van der Waals surface area contributed by atoms with E-state index in [4.69, 9.17) is 4.98 Å². The number of rotatable bonds is 4. The molecule has 38 heavy (non-hydrogen) atoms. The number of aromatic nitrogens is 5. The van der Waals surface area contributed by atoms with Crippen LogP contribution < -0.4 is 0 Å². The summed E-state index contributed by atoms with van der Waals surface area (Å²) >= 11 is 3.61. The predicted molar refractivity (Wildman–Crippen MR) is 156 cm³/mol. The molecular formula is C32H20BrN5. The molecule has 180 valence electrons. The molecule has 0 radical (unpaired) electrons. The predicted octanol–water partition coefficient (Wildman–Crippen LogP) is 8.13. The molecule has 0 unspecified atom stereocenters. The van der Waals surface area contributed by atoms with Crippen molar-refractivity contribution in [2.45, 2.75) is 0 Å². The van der Waals surface area contributed by atoms with Crippen molar-refractivity contribution in [1.29, 1.82) is 0 Å². The summed E-state index contributed by atoms with van der Waals surface area (Å²) in [7, 11) is 0. The van der Waals surface area contributed by atoms with Crippen LogP contribution in [0.2, 0.25) is 0 Å². The van der Waals surface area contributed by atoms with Crippen LogP contribution >= 0.6 is 15.9 Å². The van der Waals surface area contributed by atoms with Gasteiger partial charge in [-0.2, -0.15) is 0 Å². The first-order valence-electron chi connectivity index (χ1n) is 12.2. The number of pyridine rings is 4. The zero-order chi connectivity index (χ0) is 25.5. The van der Waals surface area contributed by atoms with E-state index in [1.165, 1.54) is 0 Å². The van der Waals surface area contributed by atoms with Crippen LogP contribution in [-0.2, 0) is 0 Å². The van der Waals surface area contributed by atoms with Crippen molar-refractivity contribution >= 4 is 37.9 Å². The van der Waals surface area contributed by atoms with Gasteiger partial charge in [0.05, 0.1) is 39.3 Å². The molecule has 0 saturated heterocycles. The van der Waals surface area contributed by atoms with Gasteiger partial charge in [-0.25, -0.2) is 4.98 Å². The van der Waals surface area contributed by atoms with Crippen LogP contribution in [0.15, 0.2) is 126 Å². The molecule has 5 nitrogen and oxygen atoms in total. The topological polar surface area (TPSA) is 56.5 Å². The van der Waals surface area contributed by atoms with Crippen molar-refractivity contribution < 1.29 is 0 Å². The summed E-state index contributed by atoms with van der Waals surface area (Å²) in [4.78, 5) is 18.6. The molecule has 5 aromatic heterocycles. The van der Waals surface area contributed by atoms with Gasteiger partial charge < -0.3 is 4.57 Å². The van der Waals surface area contributed by atoms with Crippen molar-refractivity contribution in [3.63, 3.8) is 0 Å². The molecule has 0 N–H and O–H groups in total. The molecule has 5 heterocycles. The Morgan fingerprint density at radius 2 is 1.21 bits per heavy atom. The van der Waals surface area contributed by atoms with Gasteiger partial charge in [0.2, 0.25) is 0 Å². The van der Waals surface area contributed by atoms with Crippen LogP contribution in [0.4, 0.5) is 0 Å². The van der Waals surface area contributed by atoms with Gasteiger partial charge in [-0.3, -0.25) is 15.0 Å². The third-order valence-electron chi connectivity index (χ3n) is 6.62. The maximum Gasteiger partial charge on any atom is 0.0963 e. The van der Waals surface area contributed by atoms with Crippen molar-refractivity contribution in [3.05, 3.63) is 126 Å². The van der Waals surface area contributed by atoms with E-state index in [2.05, 4.69) is 96.1 Å². The lowest BCUT2D eigenvalue weighted by atomic mass is 10.0. The Kier molecular flexibility index (Phi) is 5.52. The zero-order valence-corrected chi connectivity index (χ0v) is 21.7. The number of fused-ring (bicyclic) bond motifs is 3. The minimum absolute atomic E-state index is 0.812. The van der Waals surface area contributed by atoms with Crippen LogP contribution in [0, 0.1) is 0 Å². The molecule has 0 aliphatic rings. The van der Waals surface area contributed by atoms with Crippen LogP contribution in [-0.4, -0.2) is 24.5 Å². The number of halogens is 1. The van der Waals surface area contributed by atoms with E-state index in [0.29, 0.717) is 0 Å². The van der Waals surface area contributed by atoms with E-state index < -0.39 is 0 Å². The Hall–Kier alpha value is -4.68. The standard InChI is InChI=1S/C32H20BrN5/c33-23-11-14-30-25(20-23)32-31(8-5-17-36-32)38(30)24-12-9-21(10-13-24)22-18-28(26-6-1-3-15-34-26)37-29(19-22)27-7-2-4-16-35-27/h1-20H. The van der Waals surface area contributed by atoms with E-state index in [9.17, 15) is 0 Å². The first kappa shape index (κ1) is 22.5. The molecule has 0 amide bonds. The maximum absolute atomic E-state index is 4.89. The van der Waals surface area contributed by atoms with Gasteiger partial charge in [-0.05, 0) is 90.0 Å². The zero-order valence-electron chi connectivity index (χ0n) is 20.2. The first-order valence-corrected chi connectivity index (χ1v) is 13.0. The summed E-state index contributed by atoms with van der Waals surface area (Å²) in [6.07, 6.45) is 5.42. The third-order valence-corrected chi connectivity index (χ3v) is 7.11. The minimum atomic E-state index is 0.812. The second-order valence-corrected chi connectivity index (χ2v) is 9.89. The highest BCUT2D eigenvalue weighted by molar-refractivity contribution is 9.10. The summed E-state index contributed by atoms with van der Waals surface area (Å²) in [5.41, 5.74) is 9.68. The Labute approximate surface area is 227 Å². The summed E-state index contributed by atoms with van der Waals surface area (Å²) in [5, 5.41) is 1.12. The summed E-state index contributed by atoms with van der Waals surface area (Å²) in [6.45, 7) is 0. The highest BCUT2D eigenvalue weighted by atomic mass is 79.9. The largest absolute Gasteiger partial charge is 0.308 e. The average Bonchev–Trinajstić information content (AvgIpc) is 3.31. The number of benzene rings is 2. The number of hydrogen-bond acceptors (Lipinski definition) is 4. The van der Waals surface area contributed by atoms with Gasteiger partial charge in [0.1, 0.15) is 0 Å². The van der Waals surface area contributed by atoms with Gasteiger partial charge >= 0.3 is 0 Å². The fourth-order valence-corrected chi connectivity index (χ4v) is 5.24. The van der Waals surface area contributed by atoms with Gasteiger partial charge in [0.15, 0.2) is 0 Å². The normalized spacial score (nSPS) is 11.3. The summed E-state index contributed by atoms with van der Waals surface area (Å²) in [5.74, 6) is 0. The Morgan fingerprint density at radius 3 is 1.87 bits per heavy atom. The Bertz CT molecular complexity index is 1860. The molecule has 0 aliphatic heterocycles. The molecule has 0 aliphatic carbocycles. The van der Waals surface area contributed by atoms with E-state index in [1.54, 1.807) is 12.4 Å². The highest BCUT2D eigenvalue weighted by Gasteiger charge is 2.14. The van der Waals surface area contributed by atoms with Gasteiger partial charge in [0, 0.05) is 34.1 Å². The lowest BCUT2D eigenvalue weighted by molar-refractivity contribution is 1.17. The Morgan fingerprint density at radius 1 is 0.526 bits per heavy atom. The first-order chi connectivity index (χ1) is 18.7. The quantitative estimate of drug-likeness (QED) is 0.221. The van der Waals surface area contributed by atoms with Gasteiger partial charge in [0.25, 0.3) is 0 Å². The lowest BCUT2D eigenvalue weighted by Gasteiger charge is -2.11. The second-order valence-electron chi connectivity index (χ2n) is 8.97. The van der Waals surface area contributed by atoms with Crippen molar-refractivity contribution in [2.75, 3.05) is 0 Å². The fourth-order valence-electron chi connectivity index (χ4n) is 4.88. The summed E-state index contributed by atoms with van der Waals surface area (Å²) in [6, 6.07) is 35.0. The third kappa shape index (κ3) is 3.96. The van der Waals surface area contributed by atoms with E-state index in [-0.39, 0.29) is 0 Å². The van der Waals surface area contributed by atoms with Crippen LogP contribution in [0.3, 0.4) is 0 Å². The molecule has 2 aromatic carbocycles. The fraction of sp³-hybridized carbons (Fsp3) is 0. The number of hydrogen-bond donors (Lipinski definition) is 0. The van der Waals surface area contributed by atoms with Crippen LogP contribution in [0.5, 0.6) is 0 Å². The van der Waals surface area contributed by atoms with Crippen molar-refractivity contribution in [2.24, 2.45) is 0 Å². The molecular weight excluding hydrogens is 534 g/mol. The lowest BCUT2D eigenvalue weighted by Crippen LogP contribution is -1.95. The maximum atomic E-state index is 4.89. The van der Waals surface area contributed by atoms with Gasteiger partial charge in [-0.1, -0.05) is 40.2 Å². The second kappa shape index (κ2) is 9.32. The van der Waals surface area contributed by atoms with Crippen molar-refractivity contribution in [3.8, 4) is 39.6 Å². The molecule has 0 fully saturated rings. The Balaban J connectivity index is 1.37.